The summed E-state index contributed by atoms with van der Waals surface area (Å²) >= 11 is 0. The van der Waals surface area contributed by atoms with Crippen LogP contribution >= 0.6 is 0 Å². The van der Waals surface area contributed by atoms with E-state index in [1.165, 1.54) is 11.5 Å². The second kappa shape index (κ2) is 3.78. The van der Waals surface area contributed by atoms with Crippen LogP contribution in [0.5, 0.6) is 0 Å². The van der Waals surface area contributed by atoms with Crippen molar-refractivity contribution in [1.82, 2.24) is 4.57 Å². The molecule has 5 nitrogen and oxygen atoms in total. The summed E-state index contributed by atoms with van der Waals surface area (Å²) in [7, 11) is 0. The fraction of sp³-hybridized carbons (Fsp3) is 0.214. The molecule has 0 amide bonds. The number of ketones is 1. The first-order valence-corrected chi connectivity index (χ1v) is 5.91. The van der Waals surface area contributed by atoms with Crippen LogP contribution in [-0.4, -0.2) is 27.3 Å². The first-order chi connectivity index (χ1) is 9.00. The zero-order chi connectivity index (χ0) is 13.7. The van der Waals surface area contributed by atoms with Gasteiger partial charge in [0.15, 0.2) is 5.78 Å². The lowest BCUT2D eigenvalue weighted by Crippen LogP contribution is -2.20. The van der Waals surface area contributed by atoms with Crippen LogP contribution in [0.15, 0.2) is 24.4 Å². The molecule has 1 heterocycles. The maximum atomic E-state index is 12.0. The van der Waals surface area contributed by atoms with Crippen LogP contribution in [0, 0.1) is 0 Å². The van der Waals surface area contributed by atoms with E-state index in [2.05, 4.69) is 0 Å². The third-order valence-electron chi connectivity index (χ3n) is 3.56. The Kier molecular flexibility index (Phi) is 2.32. The van der Waals surface area contributed by atoms with E-state index in [0.29, 0.717) is 22.0 Å². The minimum atomic E-state index is -1.04. The van der Waals surface area contributed by atoms with Gasteiger partial charge in [-0.15, -0.1) is 0 Å². The lowest BCUT2D eigenvalue weighted by Gasteiger charge is -2.17. The third kappa shape index (κ3) is 1.51. The molecule has 5 heteroatoms. The van der Waals surface area contributed by atoms with Crippen molar-refractivity contribution in [1.29, 1.82) is 0 Å². The summed E-state index contributed by atoms with van der Waals surface area (Å²) in [5.41, 5.74) is 1.65. The van der Waals surface area contributed by atoms with Gasteiger partial charge in [0.25, 0.3) is 0 Å². The molecule has 1 aromatic heterocycles. The Bertz CT molecular complexity index is 741. The quantitative estimate of drug-likeness (QED) is 0.848. The minimum absolute atomic E-state index is 0.0522. The van der Waals surface area contributed by atoms with Gasteiger partial charge in [-0.25, -0.2) is 0 Å². The number of hydrogen-bond donors (Lipinski definition) is 1. The van der Waals surface area contributed by atoms with Crippen LogP contribution in [-0.2, 0) is 4.79 Å². The van der Waals surface area contributed by atoms with Gasteiger partial charge in [-0.2, -0.15) is 0 Å². The molecule has 2 aromatic rings. The van der Waals surface area contributed by atoms with Crippen molar-refractivity contribution in [3.63, 3.8) is 0 Å². The number of carbonyl (C=O) groups is 3. The van der Waals surface area contributed by atoms with Gasteiger partial charge in [0.05, 0.1) is 11.4 Å². The number of aromatic nitrogens is 1. The highest BCUT2D eigenvalue weighted by atomic mass is 16.4. The molecule has 3 rings (SSSR count). The van der Waals surface area contributed by atoms with E-state index < -0.39 is 11.9 Å². The number of carboxylic acid groups (broad SMARTS) is 1. The molecule has 96 valence electrons. The lowest BCUT2D eigenvalue weighted by atomic mass is 9.84. The summed E-state index contributed by atoms with van der Waals surface area (Å²) in [6, 6.07) is 5.11. The highest BCUT2D eigenvalue weighted by Crippen LogP contribution is 2.38. The van der Waals surface area contributed by atoms with Crippen molar-refractivity contribution in [3.8, 4) is 0 Å². The van der Waals surface area contributed by atoms with Crippen LogP contribution in [0.25, 0.3) is 10.9 Å². The Morgan fingerprint density at radius 1 is 1.37 bits per heavy atom. The molecule has 19 heavy (non-hydrogen) atoms. The summed E-state index contributed by atoms with van der Waals surface area (Å²) in [4.78, 5) is 34.9. The fourth-order valence-electron chi connectivity index (χ4n) is 2.70. The lowest BCUT2D eigenvalue weighted by molar-refractivity contribution is -0.138. The highest BCUT2D eigenvalue weighted by Gasteiger charge is 2.34. The second-order valence-electron chi connectivity index (χ2n) is 4.69. The molecular weight excluding hydrogens is 246 g/mol. The Labute approximate surface area is 108 Å². The summed E-state index contributed by atoms with van der Waals surface area (Å²) in [6.45, 7) is 1.41. The Morgan fingerprint density at radius 3 is 2.74 bits per heavy atom. The van der Waals surface area contributed by atoms with Crippen molar-refractivity contribution >= 4 is 28.6 Å². The van der Waals surface area contributed by atoms with E-state index in [1.807, 2.05) is 0 Å². The molecule has 1 aliphatic rings. The summed E-state index contributed by atoms with van der Waals surface area (Å²) in [5, 5.41) is 9.83. The number of rotatable bonds is 1. The van der Waals surface area contributed by atoms with E-state index >= 15 is 0 Å². The van der Waals surface area contributed by atoms with Crippen LogP contribution in [0.1, 0.15) is 40.0 Å². The van der Waals surface area contributed by atoms with E-state index in [9.17, 15) is 19.5 Å². The minimum Gasteiger partial charge on any atom is -0.481 e. The normalized spacial score (nSPS) is 17.7. The van der Waals surface area contributed by atoms with Crippen LogP contribution < -0.4 is 0 Å². The van der Waals surface area contributed by atoms with Gasteiger partial charge in [0, 0.05) is 30.5 Å². The SMILES string of the molecule is CC(=O)n1cc2c3c(cccc31)C(=O)CC2C(=O)O. The standard InChI is InChI=1S/C14H11NO4/c1-7(16)15-6-10-9(14(18)19)5-12(17)8-3-2-4-11(15)13(8)10/h2-4,6,9H,5H2,1H3,(H,18,19). The zero-order valence-electron chi connectivity index (χ0n) is 10.2. The summed E-state index contributed by atoms with van der Waals surface area (Å²) in [6.07, 6.45) is 1.49. The summed E-state index contributed by atoms with van der Waals surface area (Å²) in [5.74, 6) is -2.30. The average Bonchev–Trinajstić information content (AvgIpc) is 2.74. The van der Waals surface area contributed by atoms with Gasteiger partial charge in [-0.3, -0.25) is 19.0 Å². The number of carbonyl (C=O) groups excluding carboxylic acids is 2. The number of benzene rings is 1. The molecule has 0 bridgehead atoms. The van der Waals surface area contributed by atoms with Crippen LogP contribution in [0.2, 0.25) is 0 Å². The Hall–Kier alpha value is -2.43. The predicted octanol–water partition coefficient (Wildman–Crippen LogP) is 2.06. The molecule has 1 aliphatic carbocycles. The topological polar surface area (TPSA) is 76.4 Å². The molecule has 0 spiro atoms. The van der Waals surface area contributed by atoms with Crippen LogP contribution in [0.3, 0.4) is 0 Å². The molecule has 1 atom stereocenters. The Morgan fingerprint density at radius 2 is 2.11 bits per heavy atom. The molecule has 1 N–H and O–H groups in total. The van der Waals surface area contributed by atoms with E-state index in [1.54, 1.807) is 24.4 Å². The third-order valence-corrected chi connectivity index (χ3v) is 3.56. The average molecular weight is 257 g/mol. The van der Waals surface area contributed by atoms with Crippen molar-refractivity contribution in [3.05, 3.63) is 35.5 Å². The van der Waals surface area contributed by atoms with Crippen molar-refractivity contribution in [2.75, 3.05) is 0 Å². The number of Topliss-reactive ketones (excluding diaryl/α,β-unsaturated/α-hetero) is 1. The van der Waals surface area contributed by atoms with E-state index in [4.69, 9.17) is 0 Å². The van der Waals surface area contributed by atoms with Crippen molar-refractivity contribution < 1.29 is 19.5 Å². The molecule has 0 saturated carbocycles. The van der Waals surface area contributed by atoms with Gasteiger partial charge in [-0.05, 0) is 11.6 Å². The number of aliphatic carboxylic acids is 1. The second-order valence-corrected chi connectivity index (χ2v) is 4.69. The molecule has 1 unspecified atom stereocenters. The first kappa shape index (κ1) is 11.6. The molecule has 1 aromatic carbocycles. The molecule has 0 aliphatic heterocycles. The van der Waals surface area contributed by atoms with Gasteiger partial charge in [-0.1, -0.05) is 12.1 Å². The van der Waals surface area contributed by atoms with Gasteiger partial charge < -0.3 is 5.11 Å². The maximum absolute atomic E-state index is 12.0. The highest BCUT2D eigenvalue weighted by molar-refractivity contribution is 6.15. The number of carboxylic acids is 1. The van der Waals surface area contributed by atoms with Gasteiger partial charge in [0.2, 0.25) is 5.91 Å². The summed E-state index contributed by atoms with van der Waals surface area (Å²) < 4.78 is 1.41. The monoisotopic (exact) mass is 257 g/mol. The van der Waals surface area contributed by atoms with Gasteiger partial charge in [0.1, 0.15) is 0 Å². The van der Waals surface area contributed by atoms with Crippen molar-refractivity contribution in [2.45, 2.75) is 19.3 Å². The smallest absolute Gasteiger partial charge is 0.311 e. The van der Waals surface area contributed by atoms with Crippen molar-refractivity contribution in [2.24, 2.45) is 0 Å². The number of hydrogen-bond acceptors (Lipinski definition) is 3. The number of nitrogens with zero attached hydrogens (tertiary/aromatic N) is 1. The predicted molar refractivity (Wildman–Crippen MR) is 67.6 cm³/mol. The maximum Gasteiger partial charge on any atom is 0.311 e. The molecule has 0 radical (unpaired) electrons. The zero-order valence-corrected chi connectivity index (χ0v) is 10.2. The molecule has 0 fully saturated rings. The van der Waals surface area contributed by atoms with E-state index in [0.717, 1.165) is 0 Å². The molecule has 0 saturated heterocycles. The fourth-order valence-corrected chi connectivity index (χ4v) is 2.70. The first-order valence-electron chi connectivity index (χ1n) is 5.91. The Balaban J connectivity index is 2.43. The largest absolute Gasteiger partial charge is 0.481 e. The van der Waals surface area contributed by atoms with Crippen LogP contribution in [0.4, 0.5) is 0 Å². The van der Waals surface area contributed by atoms with Gasteiger partial charge >= 0.3 is 5.97 Å². The van der Waals surface area contributed by atoms with E-state index in [-0.39, 0.29) is 18.1 Å². The molecular formula is C14H11NO4.